The van der Waals surface area contributed by atoms with Crippen LogP contribution in [0.2, 0.25) is 0 Å². The van der Waals surface area contributed by atoms with E-state index in [0.717, 1.165) is 34.9 Å². The first kappa shape index (κ1) is 18.2. The fourth-order valence-electron chi connectivity index (χ4n) is 5.38. The molecule has 3 aliphatic rings. The Balaban J connectivity index is 1.41. The van der Waals surface area contributed by atoms with Gasteiger partial charge in [-0.15, -0.1) is 0 Å². The Hall–Kier alpha value is -2.81. The number of piperidine rings is 1. The maximum Gasteiger partial charge on any atom is 0.0931 e. The summed E-state index contributed by atoms with van der Waals surface area (Å²) in [6, 6.07) is 7.70. The summed E-state index contributed by atoms with van der Waals surface area (Å²) in [5.74, 6) is 0.596. The lowest BCUT2D eigenvalue weighted by molar-refractivity contribution is 0.185. The summed E-state index contributed by atoms with van der Waals surface area (Å²) in [7, 11) is 0. The van der Waals surface area contributed by atoms with Gasteiger partial charge in [0.25, 0.3) is 0 Å². The van der Waals surface area contributed by atoms with Gasteiger partial charge in [0.05, 0.1) is 17.0 Å². The highest BCUT2D eigenvalue weighted by atomic mass is 15.2. The molecule has 2 heterocycles. The lowest BCUT2D eigenvalue weighted by atomic mass is 9.87. The Labute approximate surface area is 172 Å². The topological polar surface area (TPSA) is 31.9 Å². The van der Waals surface area contributed by atoms with E-state index in [9.17, 15) is 0 Å². The summed E-state index contributed by atoms with van der Waals surface area (Å²) < 4.78 is 0. The summed E-state index contributed by atoms with van der Waals surface area (Å²) in [4.78, 5) is 9.85. The Bertz CT molecular complexity index is 1120. The van der Waals surface area contributed by atoms with Crippen LogP contribution < -0.4 is 10.7 Å². The molecular formula is C26H29N3. The number of fused-ring (bicyclic) bond motifs is 3. The zero-order valence-electron chi connectivity index (χ0n) is 17.1. The maximum atomic E-state index is 4.42. The van der Waals surface area contributed by atoms with Crippen LogP contribution in [0, 0.1) is 0 Å². The zero-order chi connectivity index (χ0) is 20.0. The summed E-state index contributed by atoms with van der Waals surface area (Å²) in [6.07, 6.45) is 13.4. The summed E-state index contributed by atoms with van der Waals surface area (Å²) >= 11 is 0. The normalized spacial score (nSPS) is 23.7. The van der Waals surface area contributed by atoms with Crippen LogP contribution in [0.25, 0.3) is 18.2 Å². The molecule has 1 saturated heterocycles. The number of imidazole rings is 1. The first-order valence-corrected chi connectivity index (χ1v) is 10.8. The number of hydrogen-bond acceptors (Lipinski definition) is 2. The second-order valence-corrected chi connectivity index (χ2v) is 8.63. The van der Waals surface area contributed by atoms with E-state index in [4.69, 9.17) is 0 Å². The van der Waals surface area contributed by atoms with Crippen molar-refractivity contribution < 1.29 is 0 Å². The van der Waals surface area contributed by atoms with E-state index in [1.165, 1.54) is 43.2 Å². The van der Waals surface area contributed by atoms with Gasteiger partial charge in [-0.2, -0.15) is 0 Å². The van der Waals surface area contributed by atoms with E-state index >= 15 is 0 Å². The van der Waals surface area contributed by atoms with Crippen molar-refractivity contribution in [2.24, 2.45) is 0 Å². The maximum absolute atomic E-state index is 4.42. The zero-order valence-corrected chi connectivity index (χ0v) is 17.1. The van der Waals surface area contributed by atoms with E-state index in [1.807, 2.05) is 6.08 Å². The smallest absolute Gasteiger partial charge is 0.0931 e. The molecule has 5 rings (SSSR count). The molecule has 1 aromatic carbocycles. The molecular weight excluding hydrogens is 354 g/mol. The van der Waals surface area contributed by atoms with Gasteiger partial charge in [0.2, 0.25) is 0 Å². The molecule has 2 unspecified atom stereocenters. The molecule has 1 aliphatic heterocycles. The number of rotatable bonds is 4. The van der Waals surface area contributed by atoms with Crippen molar-refractivity contribution in [3.05, 3.63) is 82.4 Å². The number of nitrogens with zero attached hydrogens (tertiary/aromatic N) is 2. The highest BCUT2D eigenvalue weighted by Gasteiger charge is 2.39. The molecule has 0 radical (unpaired) electrons. The Morgan fingerprint density at radius 3 is 2.90 bits per heavy atom. The van der Waals surface area contributed by atoms with Crippen molar-refractivity contribution in [3.8, 4) is 0 Å². The molecule has 3 heteroatoms. The third-order valence-electron chi connectivity index (χ3n) is 6.95. The molecule has 2 atom stereocenters. The number of allylic oxidation sites excluding steroid dienone is 3. The van der Waals surface area contributed by atoms with E-state index in [1.54, 1.807) is 17.5 Å². The van der Waals surface area contributed by atoms with Gasteiger partial charge >= 0.3 is 0 Å². The second kappa shape index (κ2) is 7.22. The summed E-state index contributed by atoms with van der Waals surface area (Å²) in [5.41, 5.74) is 8.02. The number of hydrogen-bond donors (Lipinski definition) is 1. The van der Waals surface area contributed by atoms with Crippen LogP contribution in [0.15, 0.2) is 55.0 Å². The van der Waals surface area contributed by atoms with Crippen molar-refractivity contribution in [3.63, 3.8) is 0 Å². The van der Waals surface area contributed by atoms with Crippen LogP contribution in [0.5, 0.6) is 0 Å². The minimum Gasteiger partial charge on any atom is -0.368 e. The molecule has 2 aromatic rings. The van der Waals surface area contributed by atoms with Gasteiger partial charge in [0, 0.05) is 24.2 Å². The molecule has 1 N–H and O–H groups in total. The molecule has 148 valence electrons. The molecule has 3 nitrogen and oxygen atoms in total. The fourth-order valence-corrected chi connectivity index (χ4v) is 5.38. The molecule has 0 bridgehead atoms. The van der Waals surface area contributed by atoms with Crippen LogP contribution in [-0.2, 0) is 6.42 Å². The largest absolute Gasteiger partial charge is 0.368 e. The van der Waals surface area contributed by atoms with Gasteiger partial charge in [0.1, 0.15) is 0 Å². The standard InChI is InChI=1S/C26H29N3/c1-17(13-25-18(2)27-16-28-25)19(3)29-12-6-9-23-24-14-21(20-7-4-5-8-20)10-11-22(24)15-26(23)29/h7,10-11,13-14,16,23,26H,1-6,8-9,12,15H2,(H,27,28). The molecule has 0 amide bonds. The number of aromatic nitrogens is 2. The Kier molecular flexibility index (Phi) is 4.54. The van der Waals surface area contributed by atoms with Crippen LogP contribution in [0.3, 0.4) is 0 Å². The van der Waals surface area contributed by atoms with E-state index in [2.05, 4.69) is 58.9 Å². The Morgan fingerprint density at radius 2 is 2.14 bits per heavy atom. The number of H-pyrrole nitrogens is 1. The average Bonchev–Trinajstić information content (AvgIpc) is 3.47. The van der Waals surface area contributed by atoms with Gasteiger partial charge in [-0.25, -0.2) is 4.98 Å². The molecule has 0 spiro atoms. The second-order valence-electron chi connectivity index (χ2n) is 8.63. The molecule has 1 aromatic heterocycles. The van der Waals surface area contributed by atoms with Crippen LogP contribution in [0.4, 0.5) is 0 Å². The van der Waals surface area contributed by atoms with E-state index in [0.29, 0.717) is 12.0 Å². The van der Waals surface area contributed by atoms with Gasteiger partial charge in [-0.3, -0.25) is 0 Å². The minimum absolute atomic E-state index is 0.489. The first-order chi connectivity index (χ1) is 14.1. The van der Waals surface area contributed by atoms with Crippen molar-refractivity contribution in [2.45, 2.75) is 50.5 Å². The number of benzene rings is 1. The highest BCUT2D eigenvalue weighted by molar-refractivity contribution is 5.68. The minimum atomic E-state index is 0.489. The van der Waals surface area contributed by atoms with Crippen LogP contribution in [-0.4, -0.2) is 27.5 Å². The monoisotopic (exact) mass is 383 g/mol. The third kappa shape index (κ3) is 3.19. The van der Waals surface area contributed by atoms with Crippen molar-refractivity contribution in [1.82, 2.24) is 14.9 Å². The van der Waals surface area contributed by atoms with Crippen molar-refractivity contribution in [2.75, 3.05) is 6.54 Å². The molecule has 1 fully saturated rings. The lowest BCUT2D eigenvalue weighted by Gasteiger charge is -2.41. The first-order valence-electron chi connectivity index (χ1n) is 10.8. The van der Waals surface area contributed by atoms with E-state index in [-0.39, 0.29) is 0 Å². The average molecular weight is 384 g/mol. The number of nitrogens with one attached hydrogen (secondary N) is 1. The quantitative estimate of drug-likeness (QED) is 0.808. The molecule has 2 aliphatic carbocycles. The lowest BCUT2D eigenvalue weighted by Crippen LogP contribution is -2.42. The van der Waals surface area contributed by atoms with E-state index < -0.39 is 0 Å². The van der Waals surface area contributed by atoms with Crippen LogP contribution >= 0.6 is 0 Å². The number of likely N-dealkylation sites (tertiary alicyclic amines) is 1. The third-order valence-corrected chi connectivity index (χ3v) is 6.95. The van der Waals surface area contributed by atoms with Crippen molar-refractivity contribution >= 4 is 18.2 Å². The van der Waals surface area contributed by atoms with Gasteiger partial charge in [-0.1, -0.05) is 44.0 Å². The van der Waals surface area contributed by atoms with Crippen LogP contribution in [0.1, 0.15) is 54.7 Å². The molecule has 0 saturated carbocycles. The summed E-state index contributed by atoms with van der Waals surface area (Å²) in [6.45, 7) is 13.8. The van der Waals surface area contributed by atoms with Gasteiger partial charge in [0.15, 0.2) is 0 Å². The van der Waals surface area contributed by atoms with Crippen molar-refractivity contribution in [1.29, 1.82) is 0 Å². The number of aromatic amines is 1. The van der Waals surface area contributed by atoms with Gasteiger partial charge in [-0.05, 0) is 72.4 Å². The fraction of sp³-hybridized carbons (Fsp3) is 0.346. The molecule has 29 heavy (non-hydrogen) atoms. The highest BCUT2D eigenvalue weighted by Crippen LogP contribution is 2.45. The predicted octanol–water partition coefficient (Wildman–Crippen LogP) is 4.04. The SMILES string of the molecule is C=C(C=c1nc[nH]c1=C)C(=C)N1CCCC2c3cc(C4=CCCC4)ccc3CC21. The summed E-state index contributed by atoms with van der Waals surface area (Å²) in [5, 5.41) is 1.66. The predicted molar refractivity (Wildman–Crippen MR) is 121 cm³/mol. The van der Waals surface area contributed by atoms with Gasteiger partial charge < -0.3 is 9.88 Å². The Morgan fingerprint density at radius 1 is 1.24 bits per heavy atom.